The summed E-state index contributed by atoms with van der Waals surface area (Å²) in [4.78, 5) is 11.5. The summed E-state index contributed by atoms with van der Waals surface area (Å²) in [7, 11) is 0. The number of ether oxygens (including phenoxy) is 3. The van der Waals surface area contributed by atoms with E-state index in [0.717, 1.165) is 5.56 Å². The summed E-state index contributed by atoms with van der Waals surface area (Å²) in [6.45, 7) is 4.54. The van der Waals surface area contributed by atoms with Crippen LogP contribution in [0.2, 0.25) is 0 Å². The third-order valence-electron chi connectivity index (χ3n) is 2.34. The van der Waals surface area contributed by atoms with Gasteiger partial charge in [-0.05, 0) is 17.7 Å². The van der Waals surface area contributed by atoms with E-state index >= 15 is 0 Å². The van der Waals surface area contributed by atoms with Gasteiger partial charge in [0.2, 0.25) is 0 Å². The smallest absolute Gasteiger partial charge is 0.310 e. The molecular weight excluding hydrogens is 256 g/mol. The molecule has 0 amide bonds. The molecule has 0 radical (unpaired) electrons. The van der Waals surface area contributed by atoms with Crippen LogP contribution in [0.1, 0.15) is 5.56 Å². The van der Waals surface area contributed by atoms with Crippen LogP contribution >= 0.6 is 11.6 Å². The van der Waals surface area contributed by atoms with Crippen LogP contribution in [0.15, 0.2) is 29.8 Å². The Balaban J connectivity index is 1.97. The number of benzene rings is 1. The van der Waals surface area contributed by atoms with Crippen LogP contribution in [0.3, 0.4) is 0 Å². The van der Waals surface area contributed by atoms with E-state index in [-0.39, 0.29) is 19.0 Å². The fourth-order valence-electron chi connectivity index (χ4n) is 1.57. The highest BCUT2D eigenvalue weighted by molar-refractivity contribution is 6.29. The molecule has 1 aromatic carbocycles. The van der Waals surface area contributed by atoms with Gasteiger partial charge in [0.1, 0.15) is 19.8 Å². The number of halogens is 1. The van der Waals surface area contributed by atoms with Gasteiger partial charge in [0, 0.05) is 5.03 Å². The molecule has 0 saturated heterocycles. The zero-order chi connectivity index (χ0) is 13.0. The van der Waals surface area contributed by atoms with Crippen molar-refractivity contribution in [1.82, 2.24) is 0 Å². The lowest BCUT2D eigenvalue weighted by atomic mass is 10.1. The lowest BCUT2D eigenvalue weighted by Gasteiger charge is -2.18. The Morgan fingerprint density at radius 3 is 2.78 bits per heavy atom. The molecule has 1 aromatic rings. The standard InChI is InChI=1S/C13H13ClO4/c1-9(14)8-18-13(15)7-10-2-3-11-12(6-10)17-5-4-16-11/h2-3,6H,1,4-5,7-8H2. The van der Waals surface area contributed by atoms with Crippen LogP contribution in [0.25, 0.3) is 0 Å². The largest absolute Gasteiger partial charge is 0.486 e. The predicted molar refractivity (Wildman–Crippen MR) is 67.1 cm³/mol. The van der Waals surface area contributed by atoms with Crippen molar-refractivity contribution in [3.63, 3.8) is 0 Å². The molecule has 0 saturated carbocycles. The van der Waals surface area contributed by atoms with Crippen LogP contribution in [0.4, 0.5) is 0 Å². The Kier molecular flexibility index (Phi) is 4.10. The quantitative estimate of drug-likeness (QED) is 0.786. The highest BCUT2D eigenvalue weighted by atomic mass is 35.5. The summed E-state index contributed by atoms with van der Waals surface area (Å²) in [6.07, 6.45) is 0.167. The van der Waals surface area contributed by atoms with Gasteiger partial charge in [-0.25, -0.2) is 0 Å². The van der Waals surface area contributed by atoms with E-state index in [0.29, 0.717) is 29.7 Å². The summed E-state index contributed by atoms with van der Waals surface area (Å²) in [5.41, 5.74) is 0.810. The molecule has 0 unspecified atom stereocenters. The average Bonchev–Trinajstić information content (AvgIpc) is 2.36. The van der Waals surface area contributed by atoms with Gasteiger partial charge in [-0.3, -0.25) is 4.79 Å². The molecule has 96 valence electrons. The monoisotopic (exact) mass is 268 g/mol. The number of esters is 1. The molecule has 0 aromatic heterocycles. The van der Waals surface area contributed by atoms with Crippen molar-refractivity contribution < 1.29 is 19.0 Å². The van der Waals surface area contributed by atoms with Gasteiger partial charge in [0.25, 0.3) is 0 Å². The highest BCUT2D eigenvalue weighted by Crippen LogP contribution is 2.30. The van der Waals surface area contributed by atoms with Crippen molar-refractivity contribution in [2.24, 2.45) is 0 Å². The minimum absolute atomic E-state index is 0.0327. The summed E-state index contributed by atoms with van der Waals surface area (Å²) in [5, 5.41) is 0.297. The Bertz CT molecular complexity index is 470. The van der Waals surface area contributed by atoms with Crippen LogP contribution in [-0.2, 0) is 16.0 Å². The molecule has 0 bridgehead atoms. The molecule has 0 atom stereocenters. The Morgan fingerprint density at radius 1 is 1.33 bits per heavy atom. The van der Waals surface area contributed by atoms with E-state index in [1.54, 1.807) is 12.1 Å². The van der Waals surface area contributed by atoms with Gasteiger partial charge in [-0.2, -0.15) is 0 Å². The van der Waals surface area contributed by atoms with E-state index in [1.165, 1.54) is 0 Å². The molecule has 0 spiro atoms. The van der Waals surface area contributed by atoms with Crippen molar-refractivity contribution >= 4 is 17.6 Å². The number of hydrogen-bond acceptors (Lipinski definition) is 4. The predicted octanol–water partition coefficient (Wildman–Crippen LogP) is 2.30. The van der Waals surface area contributed by atoms with Crippen molar-refractivity contribution in [2.75, 3.05) is 19.8 Å². The third kappa shape index (κ3) is 3.40. The fraction of sp³-hybridized carbons (Fsp3) is 0.308. The summed E-state index contributed by atoms with van der Waals surface area (Å²) in [6, 6.07) is 5.38. The normalized spacial score (nSPS) is 12.9. The first kappa shape index (κ1) is 12.8. The summed E-state index contributed by atoms with van der Waals surface area (Å²) in [5.74, 6) is 1.01. The molecule has 18 heavy (non-hydrogen) atoms. The van der Waals surface area contributed by atoms with Gasteiger partial charge >= 0.3 is 5.97 Å². The maximum Gasteiger partial charge on any atom is 0.310 e. The fourth-order valence-corrected chi connectivity index (χ4v) is 1.63. The summed E-state index contributed by atoms with van der Waals surface area (Å²) >= 11 is 5.51. The van der Waals surface area contributed by atoms with Gasteiger partial charge in [-0.15, -0.1) is 0 Å². The zero-order valence-corrected chi connectivity index (χ0v) is 10.5. The maximum absolute atomic E-state index is 11.5. The maximum atomic E-state index is 11.5. The van der Waals surface area contributed by atoms with Crippen LogP contribution in [-0.4, -0.2) is 25.8 Å². The highest BCUT2D eigenvalue weighted by Gasteiger charge is 2.13. The van der Waals surface area contributed by atoms with Crippen LogP contribution in [0, 0.1) is 0 Å². The molecule has 1 aliphatic heterocycles. The van der Waals surface area contributed by atoms with Crippen molar-refractivity contribution in [2.45, 2.75) is 6.42 Å². The van der Waals surface area contributed by atoms with Crippen molar-refractivity contribution in [1.29, 1.82) is 0 Å². The van der Waals surface area contributed by atoms with Crippen LogP contribution < -0.4 is 9.47 Å². The molecule has 1 aliphatic rings. The minimum atomic E-state index is -0.353. The summed E-state index contributed by atoms with van der Waals surface area (Å²) < 4.78 is 15.7. The minimum Gasteiger partial charge on any atom is -0.486 e. The van der Waals surface area contributed by atoms with Gasteiger partial charge in [0.05, 0.1) is 6.42 Å². The van der Waals surface area contributed by atoms with Crippen molar-refractivity contribution in [3.8, 4) is 11.5 Å². The Labute approximate surface area is 110 Å². The van der Waals surface area contributed by atoms with E-state index in [2.05, 4.69) is 6.58 Å². The number of carbonyl (C=O) groups excluding carboxylic acids is 1. The second-order valence-corrected chi connectivity index (χ2v) is 4.37. The molecular formula is C13H13ClO4. The molecule has 0 aliphatic carbocycles. The lowest BCUT2D eigenvalue weighted by molar-refractivity contribution is -0.141. The topological polar surface area (TPSA) is 44.8 Å². The van der Waals surface area contributed by atoms with Gasteiger partial charge in [-0.1, -0.05) is 24.2 Å². The first-order valence-corrected chi connectivity index (χ1v) is 5.90. The molecule has 2 rings (SSSR count). The number of hydrogen-bond donors (Lipinski definition) is 0. The van der Waals surface area contributed by atoms with E-state index < -0.39 is 0 Å². The van der Waals surface area contributed by atoms with E-state index in [4.69, 9.17) is 25.8 Å². The lowest BCUT2D eigenvalue weighted by Crippen LogP contribution is -2.16. The Morgan fingerprint density at radius 2 is 2.06 bits per heavy atom. The van der Waals surface area contributed by atoms with E-state index in [9.17, 15) is 4.79 Å². The molecule has 0 N–H and O–H groups in total. The van der Waals surface area contributed by atoms with Crippen molar-refractivity contribution in [3.05, 3.63) is 35.4 Å². The molecule has 1 heterocycles. The van der Waals surface area contributed by atoms with Crippen LogP contribution in [0.5, 0.6) is 11.5 Å². The molecule has 5 heteroatoms. The Hall–Kier alpha value is -1.68. The first-order chi connectivity index (χ1) is 8.65. The van der Waals surface area contributed by atoms with E-state index in [1.807, 2.05) is 6.07 Å². The molecule has 4 nitrogen and oxygen atoms in total. The first-order valence-electron chi connectivity index (χ1n) is 5.52. The third-order valence-corrected chi connectivity index (χ3v) is 2.45. The van der Waals surface area contributed by atoms with Gasteiger partial charge in [0.15, 0.2) is 11.5 Å². The molecule has 0 fully saturated rings. The SMILES string of the molecule is C=C(Cl)COC(=O)Cc1ccc2c(c1)OCCO2. The second-order valence-electron chi connectivity index (χ2n) is 3.83. The average molecular weight is 269 g/mol. The number of fused-ring (bicyclic) bond motifs is 1. The zero-order valence-electron chi connectivity index (χ0n) is 9.78. The number of rotatable bonds is 4. The number of carbonyl (C=O) groups is 1. The van der Waals surface area contributed by atoms with Gasteiger partial charge < -0.3 is 14.2 Å². The second kappa shape index (κ2) is 5.78.